The molecule has 7 nitrogen and oxygen atoms in total. The van der Waals surface area contributed by atoms with Crippen molar-refractivity contribution in [1.82, 2.24) is 9.97 Å². The summed E-state index contributed by atoms with van der Waals surface area (Å²) in [5, 5.41) is 10.2. The van der Waals surface area contributed by atoms with Crippen molar-refractivity contribution in [3.63, 3.8) is 0 Å². The first-order valence-electron chi connectivity index (χ1n) is 12.0. The van der Waals surface area contributed by atoms with E-state index in [0.717, 1.165) is 10.5 Å². The number of hydrogen-bond donors (Lipinski definition) is 2. The molecule has 0 bridgehead atoms. The molecule has 0 aliphatic rings. The summed E-state index contributed by atoms with van der Waals surface area (Å²) in [6.07, 6.45) is 0.591. The molecule has 38 heavy (non-hydrogen) atoms. The van der Waals surface area contributed by atoms with Gasteiger partial charge in [-0.15, -0.1) is 0 Å². The van der Waals surface area contributed by atoms with Gasteiger partial charge in [0.2, 0.25) is 0 Å². The highest BCUT2D eigenvalue weighted by Crippen LogP contribution is 2.37. The maximum Gasteiger partial charge on any atom is 0.351 e. The molecule has 0 spiro atoms. The van der Waals surface area contributed by atoms with E-state index in [9.17, 15) is 9.90 Å². The van der Waals surface area contributed by atoms with Gasteiger partial charge < -0.3 is 15.6 Å². The molecule has 4 aromatic rings. The molecule has 196 valence electrons. The predicted molar refractivity (Wildman–Crippen MR) is 140 cm³/mol. The van der Waals surface area contributed by atoms with Gasteiger partial charge in [0.25, 0.3) is 0 Å². The third-order valence-electron chi connectivity index (χ3n) is 5.91. The Kier molecular flexibility index (Phi) is 8.40. The van der Waals surface area contributed by atoms with E-state index in [2.05, 4.69) is 9.97 Å². The molecule has 0 radical (unpaired) electrons. The lowest BCUT2D eigenvalue weighted by molar-refractivity contribution is -0.162. The summed E-state index contributed by atoms with van der Waals surface area (Å²) in [6.45, 7) is 1.45. The van der Waals surface area contributed by atoms with Gasteiger partial charge in [-0.1, -0.05) is 48.5 Å². The molecule has 4 rings (SSSR count). The number of nitrogens with zero attached hydrogens (tertiary/aromatic N) is 3. The first-order valence-corrected chi connectivity index (χ1v) is 12.0. The Bertz CT molecular complexity index is 1290. The van der Waals surface area contributed by atoms with Crippen molar-refractivity contribution in [2.24, 2.45) is 5.73 Å². The van der Waals surface area contributed by atoms with Crippen LogP contribution in [-0.4, -0.2) is 39.1 Å². The van der Waals surface area contributed by atoms with Gasteiger partial charge in [0.1, 0.15) is 24.5 Å². The topological polar surface area (TPSA) is 102 Å². The highest BCUT2D eigenvalue weighted by atomic mass is 19.3. The number of carbonyl (C=O) groups is 1. The first-order chi connectivity index (χ1) is 18.3. The van der Waals surface area contributed by atoms with Crippen LogP contribution in [0.5, 0.6) is 5.75 Å². The molecule has 2 atom stereocenters. The second kappa shape index (κ2) is 11.9. The lowest BCUT2D eigenvalue weighted by atomic mass is 10.0. The Balaban J connectivity index is 1.82. The van der Waals surface area contributed by atoms with Gasteiger partial charge in [-0.05, 0) is 48.9 Å². The number of benzene rings is 2. The summed E-state index contributed by atoms with van der Waals surface area (Å²) in [5.74, 6) is -5.50. The summed E-state index contributed by atoms with van der Waals surface area (Å²) in [7, 11) is 0. The zero-order chi connectivity index (χ0) is 27.1. The van der Waals surface area contributed by atoms with Gasteiger partial charge in [-0.25, -0.2) is 0 Å². The number of carbonyl (C=O) groups excluding carboxylic acids is 1. The molecule has 1 amide bonds. The van der Waals surface area contributed by atoms with Crippen LogP contribution in [0.1, 0.15) is 29.9 Å². The number of halogens is 2. The fraction of sp³-hybridized carbons (Fsp3) is 0.207. The van der Waals surface area contributed by atoms with Crippen LogP contribution in [-0.2, 0) is 11.4 Å². The van der Waals surface area contributed by atoms with E-state index in [1.165, 1.54) is 31.5 Å². The van der Waals surface area contributed by atoms with Crippen molar-refractivity contribution < 1.29 is 23.4 Å². The quantitative estimate of drug-likeness (QED) is 0.320. The molecule has 2 heterocycles. The van der Waals surface area contributed by atoms with Crippen LogP contribution in [0, 0.1) is 0 Å². The van der Waals surface area contributed by atoms with Crippen LogP contribution in [0.3, 0.4) is 0 Å². The predicted octanol–water partition coefficient (Wildman–Crippen LogP) is 4.52. The summed E-state index contributed by atoms with van der Waals surface area (Å²) < 4.78 is 36.8. The highest BCUT2D eigenvalue weighted by molar-refractivity contribution is 6.00. The Morgan fingerprint density at radius 3 is 2.11 bits per heavy atom. The molecule has 0 aliphatic heterocycles. The lowest BCUT2D eigenvalue weighted by Gasteiger charge is -2.35. The number of rotatable bonds is 10. The van der Waals surface area contributed by atoms with Crippen LogP contribution < -0.4 is 15.4 Å². The molecular formula is C29H28F2N4O3. The Hall–Kier alpha value is -4.21. The summed E-state index contributed by atoms with van der Waals surface area (Å²) in [4.78, 5) is 23.2. The number of aliphatic hydroxyl groups excluding tert-OH is 1. The Morgan fingerprint density at radius 2 is 1.55 bits per heavy atom. The van der Waals surface area contributed by atoms with Crippen LogP contribution in [0.2, 0.25) is 0 Å². The number of hydrogen-bond acceptors (Lipinski definition) is 6. The molecule has 0 saturated carbocycles. The lowest BCUT2D eigenvalue weighted by Crippen LogP contribution is -2.56. The standard InChI is InChI=1S/C29H28F2N4O3/c1-20(32)27(36)29(30,31)28(37)35(26(24-14-5-7-16-33-24)25-15-6-8-17-34-25)22-12-9-13-23(18-22)38-19-21-10-3-2-4-11-21/h2-18,20,26-27,36H,19,32H2,1H3. The number of alkyl halides is 2. The largest absolute Gasteiger partial charge is 0.489 e. The summed E-state index contributed by atoms with van der Waals surface area (Å²) >= 11 is 0. The number of aromatic nitrogens is 2. The number of anilines is 1. The van der Waals surface area contributed by atoms with Gasteiger partial charge in [-0.2, -0.15) is 8.78 Å². The second-order valence-corrected chi connectivity index (χ2v) is 8.79. The van der Waals surface area contributed by atoms with E-state index in [-0.39, 0.29) is 12.3 Å². The minimum atomic E-state index is -4.21. The van der Waals surface area contributed by atoms with E-state index in [1.54, 1.807) is 48.5 Å². The minimum absolute atomic E-state index is 0.110. The molecule has 9 heteroatoms. The zero-order valence-corrected chi connectivity index (χ0v) is 20.7. The van der Waals surface area contributed by atoms with E-state index >= 15 is 8.78 Å². The van der Waals surface area contributed by atoms with Crippen LogP contribution in [0.15, 0.2) is 103 Å². The fourth-order valence-electron chi connectivity index (χ4n) is 3.96. The van der Waals surface area contributed by atoms with Crippen molar-refractivity contribution >= 4 is 11.6 Å². The number of nitrogens with two attached hydrogens (primary N) is 1. The van der Waals surface area contributed by atoms with E-state index in [4.69, 9.17) is 10.5 Å². The smallest absolute Gasteiger partial charge is 0.351 e. The number of amides is 1. The van der Waals surface area contributed by atoms with Crippen molar-refractivity contribution in [2.75, 3.05) is 4.90 Å². The number of ether oxygens (including phenoxy) is 1. The van der Waals surface area contributed by atoms with Crippen molar-refractivity contribution in [1.29, 1.82) is 0 Å². The van der Waals surface area contributed by atoms with E-state index in [1.807, 2.05) is 30.3 Å². The van der Waals surface area contributed by atoms with E-state index < -0.39 is 30.0 Å². The molecule has 0 aliphatic carbocycles. The minimum Gasteiger partial charge on any atom is -0.489 e. The van der Waals surface area contributed by atoms with Gasteiger partial charge >= 0.3 is 11.8 Å². The molecule has 3 N–H and O–H groups in total. The average molecular weight is 519 g/mol. The maximum absolute atomic E-state index is 15.5. The molecular weight excluding hydrogens is 490 g/mol. The Labute approximate surface area is 219 Å². The summed E-state index contributed by atoms with van der Waals surface area (Å²) in [5.41, 5.74) is 7.21. The molecule has 0 saturated heterocycles. The van der Waals surface area contributed by atoms with Crippen molar-refractivity contribution in [3.8, 4) is 5.75 Å². The third-order valence-corrected chi connectivity index (χ3v) is 5.91. The molecule has 2 aromatic heterocycles. The monoisotopic (exact) mass is 518 g/mol. The number of aliphatic hydroxyl groups is 1. The van der Waals surface area contributed by atoms with E-state index in [0.29, 0.717) is 17.1 Å². The summed E-state index contributed by atoms with van der Waals surface area (Å²) in [6, 6.07) is 23.2. The van der Waals surface area contributed by atoms with Crippen LogP contribution >= 0.6 is 0 Å². The normalized spacial score (nSPS) is 13.1. The second-order valence-electron chi connectivity index (χ2n) is 8.79. The highest BCUT2D eigenvalue weighted by Gasteiger charge is 2.52. The first kappa shape index (κ1) is 26.8. The van der Waals surface area contributed by atoms with Crippen LogP contribution in [0.4, 0.5) is 14.5 Å². The molecule has 0 fully saturated rings. The Morgan fingerprint density at radius 1 is 0.947 bits per heavy atom. The SMILES string of the molecule is CC(N)C(O)C(F)(F)C(=O)N(c1cccc(OCc2ccccc2)c1)C(c1ccccn1)c1ccccn1. The van der Waals surface area contributed by atoms with Gasteiger partial charge in [0, 0.05) is 30.2 Å². The molecule has 2 aromatic carbocycles. The fourth-order valence-corrected chi connectivity index (χ4v) is 3.96. The van der Waals surface area contributed by atoms with Crippen molar-refractivity contribution in [2.45, 2.75) is 37.6 Å². The van der Waals surface area contributed by atoms with Gasteiger partial charge in [0.05, 0.1) is 11.4 Å². The molecule has 2 unspecified atom stereocenters. The van der Waals surface area contributed by atoms with Crippen LogP contribution in [0.25, 0.3) is 0 Å². The maximum atomic E-state index is 15.5. The van der Waals surface area contributed by atoms with Gasteiger partial charge in [-0.3, -0.25) is 19.7 Å². The average Bonchev–Trinajstić information content (AvgIpc) is 2.95. The number of pyridine rings is 2. The van der Waals surface area contributed by atoms with Crippen molar-refractivity contribution in [3.05, 3.63) is 120 Å². The zero-order valence-electron chi connectivity index (χ0n) is 20.7. The van der Waals surface area contributed by atoms with Gasteiger partial charge in [0.15, 0.2) is 0 Å². The third kappa shape index (κ3) is 6.01.